The minimum atomic E-state index is -0.786. The van der Waals surface area contributed by atoms with Gasteiger partial charge in [0, 0.05) is 5.57 Å². The van der Waals surface area contributed by atoms with E-state index in [2.05, 4.69) is 0 Å². The molecule has 0 radical (unpaired) electrons. The number of carbonyl (C=O) groups is 1. The van der Waals surface area contributed by atoms with Gasteiger partial charge in [0.15, 0.2) is 17.3 Å². The second-order valence-electron chi connectivity index (χ2n) is 6.12. The Labute approximate surface area is 125 Å². The van der Waals surface area contributed by atoms with Crippen LogP contribution in [0.5, 0.6) is 11.5 Å². The van der Waals surface area contributed by atoms with Gasteiger partial charge in [-0.05, 0) is 51.5 Å². The summed E-state index contributed by atoms with van der Waals surface area (Å²) in [5, 5.41) is 0. The number of ether oxygens (including phenoxy) is 3. The number of benzene rings is 1. The Morgan fingerprint density at radius 1 is 1.00 bits per heavy atom. The molecule has 1 aliphatic heterocycles. The van der Waals surface area contributed by atoms with Crippen molar-refractivity contribution in [1.82, 2.24) is 0 Å². The molecule has 114 valence electrons. The zero-order valence-corrected chi connectivity index (χ0v) is 13.4. The van der Waals surface area contributed by atoms with E-state index in [0.717, 1.165) is 5.56 Å². The summed E-state index contributed by atoms with van der Waals surface area (Å²) in [6, 6.07) is 5.56. The summed E-state index contributed by atoms with van der Waals surface area (Å²) in [5.74, 6) is 1.31. The fourth-order valence-corrected chi connectivity index (χ4v) is 2.69. The molecule has 1 aromatic carbocycles. The Morgan fingerprint density at radius 2 is 1.62 bits per heavy atom. The van der Waals surface area contributed by atoms with Crippen molar-refractivity contribution in [3.63, 3.8) is 0 Å². The number of methoxy groups -OCH3 is 2. The Hall–Kier alpha value is -1.81. The summed E-state index contributed by atoms with van der Waals surface area (Å²) in [6.07, 6.45) is 1.86. The average Bonchev–Trinajstić information content (AvgIpc) is 2.56. The highest BCUT2D eigenvalue weighted by Gasteiger charge is 2.49. The molecule has 0 bridgehead atoms. The zero-order valence-electron chi connectivity index (χ0n) is 13.4. The van der Waals surface area contributed by atoms with Crippen molar-refractivity contribution in [2.24, 2.45) is 0 Å². The quantitative estimate of drug-likeness (QED) is 0.802. The second kappa shape index (κ2) is 5.19. The van der Waals surface area contributed by atoms with Crippen molar-refractivity contribution < 1.29 is 19.0 Å². The topological polar surface area (TPSA) is 44.8 Å². The lowest BCUT2D eigenvalue weighted by Crippen LogP contribution is -2.29. The van der Waals surface area contributed by atoms with Crippen molar-refractivity contribution >= 4 is 11.9 Å². The van der Waals surface area contributed by atoms with Gasteiger partial charge >= 0.3 is 0 Å². The average molecular weight is 290 g/mol. The van der Waals surface area contributed by atoms with E-state index in [0.29, 0.717) is 17.1 Å². The first kappa shape index (κ1) is 15.6. The first-order valence-electron chi connectivity index (χ1n) is 6.90. The summed E-state index contributed by atoms with van der Waals surface area (Å²) >= 11 is 0. The molecule has 4 heteroatoms. The van der Waals surface area contributed by atoms with E-state index in [1.54, 1.807) is 28.1 Å². The molecule has 0 N–H and O–H groups in total. The van der Waals surface area contributed by atoms with Gasteiger partial charge in [0.05, 0.1) is 19.8 Å². The van der Waals surface area contributed by atoms with Crippen LogP contribution in [0.4, 0.5) is 0 Å². The zero-order chi connectivity index (χ0) is 15.8. The maximum atomic E-state index is 12.5. The van der Waals surface area contributed by atoms with Gasteiger partial charge in [-0.15, -0.1) is 0 Å². The summed E-state index contributed by atoms with van der Waals surface area (Å²) in [6.45, 7) is 7.41. The van der Waals surface area contributed by atoms with Crippen LogP contribution in [-0.4, -0.2) is 31.2 Å². The standard InChI is InChI=1S/C17H22O4/c1-16(2)12(15(18)17(3,4)21-16)9-11-7-8-13(19-5)14(10-11)20-6/h7-10H,1-6H3/b12-9+. The van der Waals surface area contributed by atoms with Crippen LogP contribution in [0.2, 0.25) is 0 Å². The van der Waals surface area contributed by atoms with Gasteiger partial charge in [0.2, 0.25) is 0 Å². The van der Waals surface area contributed by atoms with Crippen molar-refractivity contribution in [2.75, 3.05) is 14.2 Å². The van der Waals surface area contributed by atoms with Crippen molar-refractivity contribution in [1.29, 1.82) is 0 Å². The number of hydrogen-bond acceptors (Lipinski definition) is 4. The third-order valence-corrected chi connectivity index (χ3v) is 3.67. The van der Waals surface area contributed by atoms with E-state index in [-0.39, 0.29) is 5.78 Å². The predicted molar refractivity (Wildman–Crippen MR) is 81.8 cm³/mol. The largest absolute Gasteiger partial charge is 0.493 e. The Bertz CT molecular complexity index is 597. The molecule has 2 rings (SSSR count). The van der Waals surface area contributed by atoms with Crippen molar-refractivity contribution in [3.05, 3.63) is 29.3 Å². The molecule has 0 unspecified atom stereocenters. The minimum absolute atomic E-state index is 0.0160. The van der Waals surface area contributed by atoms with E-state index in [4.69, 9.17) is 14.2 Å². The third-order valence-electron chi connectivity index (χ3n) is 3.67. The Kier molecular flexibility index (Phi) is 3.85. The second-order valence-corrected chi connectivity index (χ2v) is 6.12. The molecule has 1 heterocycles. The van der Waals surface area contributed by atoms with Crippen LogP contribution in [0.1, 0.15) is 33.3 Å². The highest BCUT2D eigenvalue weighted by atomic mass is 16.5. The van der Waals surface area contributed by atoms with Crippen LogP contribution in [0.3, 0.4) is 0 Å². The van der Waals surface area contributed by atoms with Crippen LogP contribution < -0.4 is 9.47 Å². The lowest BCUT2D eigenvalue weighted by atomic mass is 9.91. The fourth-order valence-electron chi connectivity index (χ4n) is 2.69. The molecule has 1 aliphatic rings. The number of ketones is 1. The van der Waals surface area contributed by atoms with Crippen LogP contribution in [0, 0.1) is 0 Å². The first-order chi connectivity index (χ1) is 9.71. The van der Waals surface area contributed by atoms with E-state index < -0.39 is 11.2 Å². The molecule has 0 amide bonds. The molecule has 0 aliphatic carbocycles. The van der Waals surface area contributed by atoms with E-state index in [1.165, 1.54) is 0 Å². The SMILES string of the molecule is COc1ccc(/C=C2\C(=O)C(C)(C)OC2(C)C)cc1OC. The first-order valence-corrected chi connectivity index (χ1v) is 6.90. The van der Waals surface area contributed by atoms with E-state index in [1.807, 2.05) is 38.1 Å². The Balaban J connectivity index is 2.46. The number of Topliss-reactive ketones (excluding diaryl/α,β-unsaturated/α-hetero) is 1. The number of carbonyl (C=O) groups excluding carboxylic acids is 1. The molecule has 4 nitrogen and oxygen atoms in total. The lowest BCUT2D eigenvalue weighted by Gasteiger charge is -2.22. The number of hydrogen-bond donors (Lipinski definition) is 0. The monoisotopic (exact) mass is 290 g/mol. The summed E-state index contributed by atoms with van der Waals surface area (Å²) in [5.41, 5.74) is 0.157. The van der Waals surface area contributed by atoms with Crippen LogP contribution in [0.25, 0.3) is 6.08 Å². The molecule has 0 saturated carbocycles. The van der Waals surface area contributed by atoms with Gasteiger partial charge in [0.25, 0.3) is 0 Å². The molecule has 1 aromatic rings. The molecule has 0 aromatic heterocycles. The minimum Gasteiger partial charge on any atom is -0.493 e. The lowest BCUT2D eigenvalue weighted by molar-refractivity contribution is -0.132. The van der Waals surface area contributed by atoms with Crippen LogP contribution in [0.15, 0.2) is 23.8 Å². The normalized spacial score (nSPS) is 21.6. The summed E-state index contributed by atoms with van der Waals surface area (Å²) < 4.78 is 16.4. The molecule has 1 fully saturated rings. The fraction of sp³-hybridized carbons (Fsp3) is 0.471. The van der Waals surface area contributed by atoms with E-state index in [9.17, 15) is 4.79 Å². The van der Waals surface area contributed by atoms with E-state index >= 15 is 0 Å². The molecule has 0 atom stereocenters. The maximum Gasteiger partial charge on any atom is 0.192 e. The molecule has 21 heavy (non-hydrogen) atoms. The van der Waals surface area contributed by atoms with Crippen molar-refractivity contribution in [3.8, 4) is 11.5 Å². The molecule has 0 spiro atoms. The van der Waals surface area contributed by atoms with Gasteiger partial charge < -0.3 is 14.2 Å². The van der Waals surface area contributed by atoms with Gasteiger partial charge in [-0.2, -0.15) is 0 Å². The van der Waals surface area contributed by atoms with Crippen LogP contribution >= 0.6 is 0 Å². The summed E-state index contributed by atoms with van der Waals surface area (Å²) in [4.78, 5) is 12.5. The van der Waals surface area contributed by atoms with Gasteiger partial charge in [-0.1, -0.05) is 6.07 Å². The maximum absolute atomic E-state index is 12.5. The molecule has 1 saturated heterocycles. The molecular weight excluding hydrogens is 268 g/mol. The highest BCUT2D eigenvalue weighted by Crippen LogP contribution is 2.40. The van der Waals surface area contributed by atoms with Crippen LogP contribution in [-0.2, 0) is 9.53 Å². The van der Waals surface area contributed by atoms with Gasteiger partial charge in [0.1, 0.15) is 5.60 Å². The third kappa shape index (κ3) is 2.81. The highest BCUT2D eigenvalue weighted by molar-refractivity contribution is 6.08. The van der Waals surface area contributed by atoms with Crippen molar-refractivity contribution in [2.45, 2.75) is 38.9 Å². The van der Waals surface area contributed by atoms with Gasteiger partial charge in [-0.25, -0.2) is 0 Å². The summed E-state index contributed by atoms with van der Waals surface area (Å²) in [7, 11) is 3.18. The molecular formula is C17H22O4. The Morgan fingerprint density at radius 3 is 2.10 bits per heavy atom. The predicted octanol–water partition coefficient (Wildman–Crippen LogP) is 3.24. The van der Waals surface area contributed by atoms with Gasteiger partial charge in [-0.3, -0.25) is 4.79 Å². The number of rotatable bonds is 3. The smallest absolute Gasteiger partial charge is 0.192 e.